The highest BCUT2D eigenvalue weighted by molar-refractivity contribution is 5.84. The van der Waals surface area contributed by atoms with Gasteiger partial charge in [0.1, 0.15) is 0 Å². The first-order valence-corrected chi connectivity index (χ1v) is 9.63. The quantitative estimate of drug-likeness (QED) is 0.794. The topological polar surface area (TPSA) is 32.8 Å². The highest BCUT2D eigenvalue weighted by Crippen LogP contribution is 2.40. The Hall–Kier alpha value is -1.39. The summed E-state index contributed by atoms with van der Waals surface area (Å²) in [5.74, 6) is 0.926. The van der Waals surface area contributed by atoms with Crippen molar-refractivity contribution in [1.82, 2.24) is 9.80 Å². The van der Waals surface area contributed by atoms with Gasteiger partial charge in [-0.05, 0) is 42.9 Å². The molecular formula is C21H32N2O2. The van der Waals surface area contributed by atoms with Crippen LogP contribution in [-0.2, 0) is 16.1 Å². The molecule has 0 saturated carbocycles. The third kappa shape index (κ3) is 4.06. The normalized spacial score (nSPS) is 24.6. The molecule has 1 atom stereocenters. The molecule has 2 heterocycles. The van der Waals surface area contributed by atoms with E-state index in [-0.39, 0.29) is 5.41 Å². The first-order chi connectivity index (χ1) is 12.0. The van der Waals surface area contributed by atoms with Crippen LogP contribution in [0.25, 0.3) is 0 Å². The molecule has 25 heavy (non-hydrogen) atoms. The number of nitrogens with zero attached hydrogens (tertiary/aromatic N) is 2. The maximum Gasteiger partial charge on any atom is 0.230 e. The van der Waals surface area contributed by atoms with Gasteiger partial charge in [0, 0.05) is 33.3 Å². The smallest absolute Gasteiger partial charge is 0.230 e. The summed E-state index contributed by atoms with van der Waals surface area (Å²) in [6, 6.07) is 8.97. The number of carbonyl (C=O) groups is 1. The van der Waals surface area contributed by atoms with E-state index in [9.17, 15) is 4.79 Å². The molecule has 2 fully saturated rings. The first-order valence-electron chi connectivity index (χ1n) is 9.63. The fourth-order valence-electron chi connectivity index (χ4n) is 4.31. The third-order valence-electron chi connectivity index (χ3n) is 5.88. The minimum atomic E-state index is -0.149. The van der Waals surface area contributed by atoms with Crippen LogP contribution in [0.1, 0.15) is 50.2 Å². The number of ether oxygens (including phenoxy) is 1. The monoisotopic (exact) mass is 344 g/mol. The molecule has 3 rings (SSSR count). The zero-order valence-corrected chi connectivity index (χ0v) is 16.0. The molecule has 0 aliphatic carbocycles. The molecular weight excluding hydrogens is 312 g/mol. The van der Waals surface area contributed by atoms with Crippen LogP contribution in [-0.4, -0.2) is 55.6 Å². The Labute approximate surface area is 152 Å². The average molecular weight is 344 g/mol. The van der Waals surface area contributed by atoms with E-state index in [1.165, 1.54) is 11.1 Å². The Morgan fingerprint density at radius 1 is 1.16 bits per heavy atom. The van der Waals surface area contributed by atoms with E-state index in [1.54, 1.807) is 7.11 Å². The van der Waals surface area contributed by atoms with E-state index in [0.29, 0.717) is 18.4 Å². The second-order valence-electron chi connectivity index (χ2n) is 8.03. The van der Waals surface area contributed by atoms with Gasteiger partial charge in [0.2, 0.25) is 5.91 Å². The zero-order chi connectivity index (χ0) is 17.9. The number of likely N-dealkylation sites (tertiary alicyclic amines) is 2. The lowest BCUT2D eigenvalue weighted by molar-refractivity contribution is -0.146. The Balaban J connectivity index is 1.61. The predicted molar refractivity (Wildman–Crippen MR) is 101 cm³/mol. The number of methoxy groups -OCH3 is 1. The molecule has 1 unspecified atom stereocenters. The van der Waals surface area contributed by atoms with Crippen molar-refractivity contribution in [2.24, 2.45) is 5.41 Å². The highest BCUT2D eigenvalue weighted by atomic mass is 16.5. The average Bonchev–Trinajstić information content (AvgIpc) is 3.00. The molecule has 4 heteroatoms. The second kappa shape index (κ2) is 7.88. The van der Waals surface area contributed by atoms with Gasteiger partial charge in [-0.2, -0.15) is 0 Å². The standard InChI is InChI=1S/C21H32N2O2/c1-17(2)19-7-5-18(6-8-19)15-22-12-10-21(16-22)9-4-11-23(20(21)24)13-14-25-3/h5-8,17H,4,9-16H2,1-3H3. The van der Waals surface area contributed by atoms with Crippen LogP contribution in [0.2, 0.25) is 0 Å². The van der Waals surface area contributed by atoms with E-state index >= 15 is 0 Å². The van der Waals surface area contributed by atoms with Crippen molar-refractivity contribution in [3.8, 4) is 0 Å². The van der Waals surface area contributed by atoms with Gasteiger partial charge in [-0.25, -0.2) is 0 Å². The van der Waals surface area contributed by atoms with Gasteiger partial charge in [0.25, 0.3) is 0 Å². The van der Waals surface area contributed by atoms with Gasteiger partial charge >= 0.3 is 0 Å². The molecule has 0 aromatic heterocycles. The van der Waals surface area contributed by atoms with Crippen LogP contribution in [0, 0.1) is 5.41 Å². The van der Waals surface area contributed by atoms with Crippen molar-refractivity contribution in [2.75, 3.05) is 39.9 Å². The summed E-state index contributed by atoms with van der Waals surface area (Å²) in [7, 11) is 1.70. The lowest BCUT2D eigenvalue weighted by Crippen LogP contribution is -2.50. The SMILES string of the molecule is COCCN1CCCC2(CCN(Cc3ccc(C(C)C)cc3)C2)C1=O. The minimum absolute atomic E-state index is 0.149. The van der Waals surface area contributed by atoms with Crippen LogP contribution in [0.5, 0.6) is 0 Å². The van der Waals surface area contributed by atoms with Crippen molar-refractivity contribution in [1.29, 1.82) is 0 Å². The molecule has 0 radical (unpaired) electrons. The molecule has 1 spiro atoms. The molecule has 2 aliphatic heterocycles. The molecule has 138 valence electrons. The summed E-state index contributed by atoms with van der Waals surface area (Å²) in [6.07, 6.45) is 3.16. The Kier molecular flexibility index (Phi) is 5.80. The number of hydrogen-bond acceptors (Lipinski definition) is 3. The van der Waals surface area contributed by atoms with Crippen LogP contribution in [0.15, 0.2) is 24.3 Å². The summed E-state index contributed by atoms with van der Waals surface area (Å²) in [4.78, 5) is 17.5. The Morgan fingerprint density at radius 3 is 2.60 bits per heavy atom. The van der Waals surface area contributed by atoms with Crippen molar-refractivity contribution in [3.05, 3.63) is 35.4 Å². The lowest BCUT2D eigenvalue weighted by atomic mass is 9.78. The van der Waals surface area contributed by atoms with Crippen molar-refractivity contribution in [3.63, 3.8) is 0 Å². The molecule has 0 bridgehead atoms. The first kappa shape index (κ1) is 18.4. The number of rotatable bonds is 6. The molecule has 0 N–H and O–H groups in total. The van der Waals surface area contributed by atoms with Crippen molar-refractivity contribution in [2.45, 2.75) is 45.6 Å². The van der Waals surface area contributed by atoms with Gasteiger partial charge in [0.15, 0.2) is 0 Å². The minimum Gasteiger partial charge on any atom is -0.383 e. The van der Waals surface area contributed by atoms with Crippen LogP contribution in [0.3, 0.4) is 0 Å². The lowest BCUT2D eigenvalue weighted by Gasteiger charge is -2.39. The van der Waals surface area contributed by atoms with E-state index in [0.717, 1.165) is 52.0 Å². The number of amides is 1. The van der Waals surface area contributed by atoms with Gasteiger partial charge in [-0.15, -0.1) is 0 Å². The van der Waals surface area contributed by atoms with E-state index in [2.05, 4.69) is 43.0 Å². The van der Waals surface area contributed by atoms with E-state index < -0.39 is 0 Å². The Bertz CT molecular complexity index is 584. The number of piperidine rings is 1. The van der Waals surface area contributed by atoms with Crippen LogP contribution < -0.4 is 0 Å². The maximum atomic E-state index is 13.0. The molecule has 1 aromatic carbocycles. The summed E-state index contributed by atoms with van der Waals surface area (Å²) in [5, 5.41) is 0. The number of carbonyl (C=O) groups excluding carboxylic acids is 1. The van der Waals surface area contributed by atoms with Crippen LogP contribution >= 0.6 is 0 Å². The summed E-state index contributed by atoms with van der Waals surface area (Å²) in [5.41, 5.74) is 2.59. The van der Waals surface area contributed by atoms with Gasteiger partial charge in [-0.3, -0.25) is 9.69 Å². The Morgan fingerprint density at radius 2 is 1.92 bits per heavy atom. The highest BCUT2D eigenvalue weighted by Gasteiger charge is 2.47. The molecule has 4 nitrogen and oxygen atoms in total. The summed E-state index contributed by atoms with van der Waals surface area (Å²) in [6.45, 7) is 9.58. The molecule has 2 aliphatic rings. The fraction of sp³-hybridized carbons (Fsp3) is 0.667. The van der Waals surface area contributed by atoms with E-state index in [1.807, 2.05) is 4.90 Å². The van der Waals surface area contributed by atoms with Crippen LogP contribution in [0.4, 0.5) is 0 Å². The second-order valence-corrected chi connectivity index (χ2v) is 8.03. The molecule has 1 amide bonds. The number of hydrogen-bond donors (Lipinski definition) is 0. The largest absolute Gasteiger partial charge is 0.383 e. The van der Waals surface area contributed by atoms with Gasteiger partial charge < -0.3 is 9.64 Å². The zero-order valence-electron chi connectivity index (χ0n) is 16.0. The van der Waals surface area contributed by atoms with E-state index in [4.69, 9.17) is 4.74 Å². The fourth-order valence-corrected chi connectivity index (χ4v) is 4.31. The van der Waals surface area contributed by atoms with Gasteiger partial charge in [-0.1, -0.05) is 38.1 Å². The summed E-state index contributed by atoms with van der Waals surface area (Å²) < 4.78 is 5.17. The number of benzene rings is 1. The summed E-state index contributed by atoms with van der Waals surface area (Å²) >= 11 is 0. The molecule has 1 aromatic rings. The maximum absolute atomic E-state index is 13.0. The van der Waals surface area contributed by atoms with Crippen molar-refractivity contribution < 1.29 is 9.53 Å². The van der Waals surface area contributed by atoms with Gasteiger partial charge in [0.05, 0.1) is 12.0 Å². The predicted octanol–water partition coefficient (Wildman–Crippen LogP) is 3.27. The molecule has 2 saturated heterocycles. The van der Waals surface area contributed by atoms with Crippen molar-refractivity contribution >= 4 is 5.91 Å². The third-order valence-corrected chi connectivity index (χ3v) is 5.88.